The molecule has 0 aromatic heterocycles. The van der Waals surface area contributed by atoms with E-state index in [1.165, 1.54) is 0 Å². The van der Waals surface area contributed by atoms with Crippen LogP contribution in [0.25, 0.3) is 0 Å². The first-order valence-electron chi connectivity index (χ1n) is 6.04. The second-order valence-corrected chi connectivity index (χ2v) is 6.85. The van der Waals surface area contributed by atoms with Gasteiger partial charge in [0.2, 0.25) is 0 Å². The predicted molar refractivity (Wildman–Crippen MR) is 82.5 cm³/mol. The topological polar surface area (TPSA) is 72.2 Å². The minimum atomic E-state index is -4.11. The fourth-order valence-electron chi connectivity index (χ4n) is 2.02. The number of rotatable bonds is 3. The fraction of sp³-hybridized carbons (Fsp3) is 0.143. The molecule has 0 aliphatic carbocycles. The van der Waals surface area contributed by atoms with Crippen LogP contribution in [0.4, 0.5) is 15.8 Å². The highest BCUT2D eigenvalue weighted by Crippen LogP contribution is 2.27. The van der Waals surface area contributed by atoms with E-state index < -0.39 is 20.7 Å². The number of nitrogens with two attached hydrogens (primary N) is 1. The maximum atomic E-state index is 13.9. The average Bonchev–Trinajstić information content (AvgIpc) is 2.31. The molecule has 112 valence electrons. The monoisotopic (exact) mass is 328 g/mol. The van der Waals surface area contributed by atoms with Crippen LogP contribution >= 0.6 is 11.6 Å². The summed E-state index contributed by atoms with van der Waals surface area (Å²) in [5, 5.41) is -0.337. The van der Waals surface area contributed by atoms with Crippen LogP contribution in [-0.4, -0.2) is 8.42 Å². The Morgan fingerprint density at radius 2 is 1.67 bits per heavy atom. The molecule has 0 spiro atoms. The van der Waals surface area contributed by atoms with Gasteiger partial charge < -0.3 is 5.73 Å². The van der Waals surface area contributed by atoms with Gasteiger partial charge in [0.05, 0.1) is 5.02 Å². The van der Waals surface area contributed by atoms with Crippen molar-refractivity contribution in [2.24, 2.45) is 0 Å². The molecule has 0 atom stereocenters. The van der Waals surface area contributed by atoms with E-state index >= 15 is 0 Å². The highest BCUT2D eigenvalue weighted by atomic mass is 35.5. The van der Waals surface area contributed by atoms with E-state index in [4.69, 9.17) is 17.3 Å². The Kier molecular flexibility index (Phi) is 4.11. The molecule has 0 radical (unpaired) electrons. The van der Waals surface area contributed by atoms with Crippen molar-refractivity contribution in [1.29, 1.82) is 0 Å². The Labute approximate surface area is 127 Å². The molecule has 2 aromatic carbocycles. The van der Waals surface area contributed by atoms with Crippen molar-refractivity contribution in [2.75, 3.05) is 10.5 Å². The lowest BCUT2D eigenvalue weighted by Crippen LogP contribution is -2.15. The van der Waals surface area contributed by atoms with Crippen LogP contribution in [0.5, 0.6) is 0 Å². The Morgan fingerprint density at radius 3 is 2.24 bits per heavy atom. The first-order chi connectivity index (χ1) is 9.69. The summed E-state index contributed by atoms with van der Waals surface area (Å²) in [6.45, 7) is 3.67. The van der Waals surface area contributed by atoms with Crippen molar-refractivity contribution in [3.05, 3.63) is 52.3 Å². The zero-order valence-corrected chi connectivity index (χ0v) is 13.0. The summed E-state index contributed by atoms with van der Waals surface area (Å²) in [7, 11) is -4.11. The average molecular weight is 329 g/mol. The number of hydrogen-bond acceptors (Lipinski definition) is 3. The molecule has 4 nitrogen and oxygen atoms in total. The number of nitrogen functional groups attached to an aromatic ring is 1. The molecule has 21 heavy (non-hydrogen) atoms. The first kappa shape index (κ1) is 15.6. The third-order valence-corrected chi connectivity index (χ3v) is 4.44. The summed E-state index contributed by atoms with van der Waals surface area (Å²) in [4.78, 5) is -0.577. The Hall–Kier alpha value is -1.79. The number of halogens is 2. The highest BCUT2D eigenvalue weighted by molar-refractivity contribution is 7.92. The van der Waals surface area contributed by atoms with Gasteiger partial charge in [0.25, 0.3) is 10.0 Å². The van der Waals surface area contributed by atoms with Gasteiger partial charge >= 0.3 is 0 Å². The number of benzene rings is 2. The van der Waals surface area contributed by atoms with Crippen LogP contribution in [0.3, 0.4) is 0 Å². The van der Waals surface area contributed by atoms with Crippen LogP contribution in [0.15, 0.2) is 35.2 Å². The number of sulfonamides is 1. The highest BCUT2D eigenvalue weighted by Gasteiger charge is 2.22. The molecule has 0 aliphatic rings. The maximum absolute atomic E-state index is 13.9. The van der Waals surface area contributed by atoms with Crippen LogP contribution < -0.4 is 10.5 Å². The minimum Gasteiger partial charge on any atom is -0.399 e. The van der Waals surface area contributed by atoms with E-state index in [0.29, 0.717) is 5.69 Å². The zero-order chi connectivity index (χ0) is 15.8. The van der Waals surface area contributed by atoms with Gasteiger partial charge in [-0.2, -0.15) is 0 Å². The Bertz CT molecular complexity index is 787. The molecule has 2 aromatic rings. The Morgan fingerprint density at radius 1 is 1.10 bits per heavy atom. The quantitative estimate of drug-likeness (QED) is 0.847. The number of aryl methyl sites for hydroxylation is 2. The lowest BCUT2D eigenvalue weighted by Gasteiger charge is -2.11. The second kappa shape index (κ2) is 5.54. The van der Waals surface area contributed by atoms with Crippen LogP contribution in [0.1, 0.15) is 11.1 Å². The van der Waals surface area contributed by atoms with E-state index in [2.05, 4.69) is 4.72 Å². The normalized spacial score (nSPS) is 11.4. The molecule has 0 unspecified atom stereocenters. The standard InChI is InChI=1S/C14H14ClFN2O2S/c1-8-3-9(2)5-11(4-8)18-21(19,20)13-7-10(17)6-12(15)14(13)16/h3-7,18H,17H2,1-2H3. The summed E-state index contributed by atoms with van der Waals surface area (Å²) in [6, 6.07) is 7.39. The van der Waals surface area contributed by atoms with E-state index in [1.54, 1.807) is 12.1 Å². The maximum Gasteiger partial charge on any atom is 0.264 e. The van der Waals surface area contributed by atoms with Gasteiger partial charge in [0.15, 0.2) is 5.82 Å². The lowest BCUT2D eigenvalue weighted by molar-refractivity contribution is 0.571. The van der Waals surface area contributed by atoms with Crippen molar-refractivity contribution in [3.63, 3.8) is 0 Å². The van der Waals surface area contributed by atoms with Gasteiger partial charge in [0.1, 0.15) is 4.90 Å². The molecule has 0 heterocycles. The third kappa shape index (κ3) is 3.46. The van der Waals surface area contributed by atoms with Crippen molar-refractivity contribution in [2.45, 2.75) is 18.7 Å². The molecule has 0 saturated carbocycles. The Balaban J connectivity index is 2.48. The molecular formula is C14H14ClFN2O2S. The molecule has 7 heteroatoms. The summed E-state index contributed by atoms with van der Waals surface area (Å²) >= 11 is 5.63. The molecule has 0 saturated heterocycles. The van der Waals surface area contributed by atoms with E-state index in [1.807, 2.05) is 19.9 Å². The van der Waals surface area contributed by atoms with E-state index in [0.717, 1.165) is 23.3 Å². The molecule has 0 fully saturated rings. The van der Waals surface area contributed by atoms with Gasteiger partial charge in [-0.1, -0.05) is 17.7 Å². The second-order valence-electron chi connectivity index (χ2n) is 4.80. The summed E-state index contributed by atoms with van der Waals surface area (Å²) in [5.74, 6) is -1.03. The number of hydrogen-bond donors (Lipinski definition) is 2. The summed E-state index contributed by atoms with van der Waals surface area (Å²) in [5.41, 5.74) is 7.72. The molecule has 3 N–H and O–H groups in total. The van der Waals surface area contributed by atoms with Crippen LogP contribution in [0, 0.1) is 19.7 Å². The number of anilines is 2. The molecular weight excluding hydrogens is 315 g/mol. The van der Waals surface area contributed by atoms with Crippen molar-refractivity contribution in [1.82, 2.24) is 0 Å². The molecule has 2 rings (SSSR count). The van der Waals surface area contributed by atoms with Crippen molar-refractivity contribution < 1.29 is 12.8 Å². The first-order valence-corrected chi connectivity index (χ1v) is 7.91. The van der Waals surface area contributed by atoms with Crippen molar-refractivity contribution >= 4 is 33.0 Å². The molecule has 0 amide bonds. The van der Waals surface area contributed by atoms with Gasteiger partial charge in [0, 0.05) is 11.4 Å². The van der Waals surface area contributed by atoms with E-state index in [-0.39, 0.29) is 10.7 Å². The molecule has 0 bridgehead atoms. The van der Waals surface area contributed by atoms with Gasteiger partial charge in [-0.15, -0.1) is 0 Å². The zero-order valence-electron chi connectivity index (χ0n) is 11.4. The summed E-state index contributed by atoms with van der Waals surface area (Å²) < 4.78 is 40.8. The van der Waals surface area contributed by atoms with Crippen LogP contribution in [-0.2, 0) is 10.0 Å². The van der Waals surface area contributed by atoms with Gasteiger partial charge in [-0.05, 0) is 49.2 Å². The fourth-order valence-corrected chi connectivity index (χ4v) is 3.48. The SMILES string of the molecule is Cc1cc(C)cc(NS(=O)(=O)c2cc(N)cc(Cl)c2F)c1. The predicted octanol–water partition coefficient (Wildman–Crippen LogP) is 3.48. The minimum absolute atomic E-state index is 0.0715. The van der Waals surface area contributed by atoms with Crippen molar-refractivity contribution in [3.8, 4) is 0 Å². The summed E-state index contributed by atoms with van der Waals surface area (Å²) in [6.07, 6.45) is 0. The van der Waals surface area contributed by atoms with Gasteiger partial charge in [-0.25, -0.2) is 12.8 Å². The lowest BCUT2D eigenvalue weighted by atomic mass is 10.1. The smallest absolute Gasteiger partial charge is 0.264 e. The molecule has 0 aliphatic heterocycles. The largest absolute Gasteiger partial charge is 0.399 e. The number of nitrogens with one attached hydrogen (secondary N) is 1. The van der Waals surface area contributed by atoms with Crippen LogP contribution in [0.2, 0.25) is 5.02 Å². The third-order valence-electron chi connectivity index (χ3n) is 2.78. The van der Waals surface area contributed by atoms with E-state index in [9.17, 15) is 12.8 Å². The van der Waals surface area contributed by atoms with Gasteiger partial charge in [-0.3, -0.25) is 4.72 Å².